The molecule has 15 heteroatoms. The quantitative estimate of drug-likeness (QED) is 0.0624. The summed E-state index contributed by atoms with van der Waals surface area (Å²) in [6.07, 6.45) is 0. The number of amides is 1. The van der Waals surface area contributed by atoms with Crippen molar-refractivity contribution < 1.29 is 93.4 Å². The average Bonchev–Trinajstić information content (AvgIpc) is 3.25. The number of Topliss-reactive ketones (excluding diaryl/α,β-unsaturated/α-hetero) is 2. The van der Waals surface area contributed by atoms with Crippen LogP contribution in [-0.2, 0) is 9.47 Å². The normalized spacial score (nSPS) is 10.0. The number of hydrogen-bond donors (Lipinski definition) is 4. The number of rotatable bonds is 8. The number of phenols is 1. The molecule has 0 heterocycles. The molecule has 0 saturated carbocycles. The molecule has 0 saturated heterocycles. The summed E-state index contributed by atoms with van der Waals surface area (Å²) in [4.78, 5) is 79.6. The van der Waals surface area contributed by atoms with Crippen LogP contribution < -0.4 is 34.9 Å². The third-order valence-corrected chi connectivity index (χ3v) is 9.18. The first-order valence-electron chi connectivity index (χ1n) is 18.0. The zero-order chi connectivity index (χ0) is 43.7. The Hall–Kier alpha value is -7.23. The number of hydrogen-bond acceptors (Lipinski definition) is 11. The molecule has 1 amide bonds. The molecule has 7 rings (SSSR count). The van der Waals surface area contributed by atoms with Crippen LogP contribution in [-0.4, -0.2) is 76.4 Å². The van der Waals surface area contributed by atoms with Crippen LogP contribution in [0.15, 0.2) is 127 Å². The summed E-state index contributed by atoms with van der Waals surface area (Å²) in [5, 5.41) is 35.2. The maximum Gasteiger partial charge on any atom is 1.00 e. The SMILES string of the molecule is CC(=O)c1ccc2cc(C(=O)O)ccc2c1.COC(=O)c1ccc2cc(C(=O)Nc3cc(C(=O)O)ccc3O)ccc2c1.COC(=O)c1ccc2cc(C(C)=O)ccc2c1.[Na+].[OH-]. The molecule has 62 heavy (non-hydrogen) atoms. The van der Waals surface area contributed by atoms with Gasteiger partial charge in [0.2, 0.25) is 0 Å². The smallest absolute Gasteiger partial charge is 0.870 e. The van der Waals surface area contributed by atoms with Crippen LogP contribution in [0.1, 0.15) is 86.4 Å². The van der Waals surface area contributed by atoms with Crippen LogP contribution in [0, 0.1) is 0 Å². The van der Waals surface area contributed by atoms with E-state index in [0.717, 1.165) is 32.3 Å². The van der Waals surface area contributed by atoms with Crippen molar-refractivity contribution in [2.24, 2.45) is 0 Å². The molecular weight excluding hydrogens is 810 g/mol. The Bertz CT molecular complexity index is 2820. The van der Waals surface area contributed by atoms with Crippen molar-refractivity contribution in [3.05, 3.63) is 166 Å². The van der Waals surface area contributed by atoms with Gasteiger partial charge in [-0.2, -0.15) is 0 Å². The number of carbonyl (C=O) groups excluding carboxylic acids is 5. The minimum atomic E-state index is -1.17. The Labute approximate surface area is 376 Å². The number of ether oxygens (including phenoxy) is 2. The number of aromatic carboxylic acids is 2. The van der Waals surface area contributed by atoms with Crippen LogP contribution in [0.2, 0.25) is 0 Å². The molecule has 5 N–H and O–H groups in total. The second kappa shape index (κ2) is 21.9. The number of nitrogens with one attached hydrogen (secondary N) is 1. The Morgan fingerprint density at radius 1 is 0.435 bits per heavy atom. The zero-order valence-electron chi connectivity index (χ0n) is 34.1. The minimum Gasteiger partial charge on any atom is -0.870 e. The molecule has 0 aromatic heterocycles. The maximum absolute atomic E-state index is 12.5. The Morgan fingerprint density at radius 2 is 0.726 bits per heavy atom. The van der Waals surface area contributed by atoms with Gasteiger partial charge in [0.25, 0.3) is 5.91 Å². The summed E-state index contributed by atoms with van der Waals surface area (Å²) in [5.41, 5.74) is 2.72. The van der Waals surface area contributed by atoms with Gasteiger partial charge < -0.3 is 35.6 Å². The molecular formula is C47H38NNaO13. The molecule has 0 aliphatic carbocycles. The van der Waals surface area contributed by atoms with Crippen LogP contribution in [0.5, 0.6) is 5.75 Å². The zero-order valence-corrected chi connectivity index (χ0v) is 36.1. The molecule has 0 fully saturated rings. The third kappa shape index (κ3) is 12.2. The number of phenolic OH excluding ortho intramolecular Hbond substituents is 1. The van der Waals surface area contributed by atoms with Gasteiger partial charge in [0.15, 0.2) is 11.6 Å². The number of carbonyl (C=O) groups is 7. The summed E-state index contributed by atoms with van der Waals surface area (Å²) in [6, 6.07) is 34.2. The van der Waals surface area contributed by atoms with Crippen molar-refractivity contribution in [3.63, 3.8) is 0 Å². The standard InChI is InChI=1S/C20H15NO6.C14H12O3.C13H10O3.Na.H2O/c1-27-20(26)15-5-3-11-8-13(4-2-12(11)9-15)18(23)21-16-10-14(19(24)25)6-7-17(16)22;1-9(15)10-3-4-12-8-13(14(16)17-2)6-5-11(12)7-10;1-8(14)9-2-3-11-7-12(13(15)16)5-4-10(11)6-9;;/h2-10,22H,1H3,(H,21,23)(H,24,25);3-8H,1-2H3;2-7H,1H3,(H,15,16);;1H2/q;;;+1;/p-1. The second-order valence-corrected chi connectivity index (χ2v) is 13.2. The number of esters is 2. The van der Waals surface area contributed by atoms with Gasteiger partial charge in [-0.15, -0.1) is 0 Å². The maximum atomic E-state index is 12.5. The largest absolute Gasteiger partial charge is 1.00 e. The number of anilines is 1. The van der Waals surface area contributed by atoms with E-state index in [2.05, 4.69) is 14.8 Å². The second-order valence-electron chi connectivity index (χ2n) is 13.2. The Kier molecular flexibility index (Phi) is 17.3. The van der Waals surface area contributed by atoms with Crippen molar-refractivity contribution in [1.29, 1.82) is 0 Å². The summed E-state index contributed by atoms with van der Waals surface area (Å²) >= 11 is 0. The van der Waals surface area contributed by atoms with E-state index in [0.29, 0.717) is 27.8 Å². The van der Waals surface area contributed by atoms with Crippen molar-refractivity contribution in [3.8, 4) is 5.75 Å². The van der Waals surface area contributed by atoms with Crippen LogP contribution in [0.25, 0.3) is 32.3 Å². The van der Waals surface area contributed by atoms with Crippen LogP contribution in [0.4, 0.5) is 5.69 Å². The van der Waals surface area contributed by atoms with Gasteiger partial charge in [-0.1, -0.05) is 48.5 Å². The van der Waals surface area contributed by atoms with Crippen LogP contribution >= 0.6 is 0 Å². The van der Waals surface area contributed by atoms with E-state index in [4.69, 9.17) is 10.2 Å². The van der Waals surface area contributed by atoms with Gasteiger partial charge in [-0.25, -0.2) is 19.2 Å². The van der Waals surface area contributed by atoms with Crippen molar-refractivity contribution in [2.45, 2.75) is 13.8 Å². The van der Waals surface area contributed by atoms with E-state index in [9.17, 15) is 38.7 Å². The number of methoxy groups -OCH3 is 2. The first-order valence-corrected chi connectivity index (χ1v) is 18.0. The van der Waals surface area contributed by atoms with Crippen LogP contribution in [0.3, 0.4) is 0 Å². The Morgan fingerprint density at radius 3 is 1.10 bits per heavy atom. The summed E-state index contributed by atoms with van der Waals surface area (Å²) < 4.78 is 9.34. The minimum absolute atomic E-state index is 0. The topological polar surface area (TPSA) is 241 Å². The molecule has 0 atom stereocenters. The number of ketones is 2. The van der Waals surface area contributed by atoms with Gasteiger partial charge in [0.1, 0.15) is 5.75 Å². The molecule has 0 bridgehead atoms. The first kappa shape index (κ1) is 49.1. The number of aromatic hydroxyl groups is 1. The molecule has 0 unspecified atom stereocenters. The summed E-state index contributed by atoms with van der Waals surface area (Å²) in [5.74, 6) is -3.64. The molecule has 7 aromatic carbocycles. The van der Waals surface area contributed by atoms with Crippen molar-refractivity contribution in [1.82, 2.24) is 0 Å². The molecule has 0 aliphatic rings. The van der Waals surface area contributed by atoms with Gasteiger partial charge in [-0.05, 0) is 125 Å². The molecule has 0 aliphatic heterocycles. The van der Waals surface area contributed by atoms with Crippen molar-refractivity contribution >= 4 is 79.4 Å². The average molecular weight is 848 g/mol. The van der Waals surface area contributed by atoms with E-state index in [-0.39, 0.29) is 75.1 Å². The molecule has 310 valence electrons. The van der Waals surface area contributed by atoms with E-state index < -0.39 is 23.8 Å². The number of carboxylic acid groups (broad SMARTS) is 2. The first-order chi connectivity index (χ1) is 28.6. The summed E-state index contributed by atoms with van der Waals surface area (Å²) in [7, 11) is 2.65. The predicted molar refractivity (Wildman–Crippen MR) is 226 cm³/mol. The molecule has 0 spiro atoms. The molecule has 7 aromatic rings. The number of carboxylic acids is 2. The number of benzene rings is 7. The fraction of sp³-hybridized carbons (Fsp3) is 0.0851. The molecule has 14 nitrogen and oxygen atoms in total. The van der Waals surface area contributed by atoms with Gasteiger partial charge in [0.05, 0.1) is 42.2 Å². The van der Waals surface area contributed by atoms with Gasteiger partial charge in [-0.3, -0.25) is 14.4 Å². The van der Waals surface area contributed by atoms with Gasteiger partial charge in [0, 0.05) is 16.7 Å². The van der Waals surface area contributed by atoms with E-state index in [1.807, 2.05) is 18.2 Å². The third-order valence-electron chi connectivity index (χ3n) is 9.18. The van der Waals surface area contributed by atoms with E-state index in [1.165, 1.54) is 52.3 Å². The number of fused-ring (bicyclic) bond motifs is 3. The predicted octanol–water partition coefficient (Wildman–Crippen LogP) is 5.68. The van der Waals surface area contributed by atoms with Crippen molar-refractivity contribution in [2.75, 3.05) is 19.5 Å². The summed E-state index contributed by atoms with van der Waals surface area (Å²) in [6.45, 7) is 3.04. The monoisotopic (exact) mass is 847 g/mol. The van der Waals surface area contributed by atoms with E-state index in [1.54, 1.807) is 84.9 Å². The molecule has 0 radical (unpaired) electrons. The fourth-order valence-electron chi connectivity index (χ4n) is 5.90. The Balaban J connectivity index is 0.000000256. The van der Waals surface area contributed by atoms with E-state index >= 15 is 0 Å². The fourth-order valence-corrected chi connectivity index (χ4v) is 5.90. The van der Waals surface area contributed by atoms with Gasteiger partial charge >= 0.3 is 53.4 Å².